The van der Waals surface area contributed by atoms with Gasteiger partial charge in [-0.3, -0.25) is 9.59 Å². The van der Waals surface area contributed by atoms with Gasteiger partial charge >= 0.3 is 0 Å². The van der Waals surface area contributed by atoms with Gasteiger partial charge in [0.05, 0.1) is 5.56 Å². The van der Waals surface area contributed by atoms with Gasteiger partial charge in [-0.2, -0.15) is 0 Å². The first-order valence-corrected chi connectivity index (χ1v) is 11.6. The van der Waals surface area contributed by atoms with Crippen molar-refractivity contribution in [1.29, 1.82) is 0 Å². The van der Waals surface area contributed by atoms with Gasteiger partial charge in [-0.05, 0) is 81.3 Å². The lowest BCUT2D eigenvalue weighted by molar-refractivity contribution is 0.0634. The fourth-order valence-corrected chi connectivity index (χ4v) is 5.19. The first-order chi connectivity index (χ1) is 15.1. The number of aromatic nitrogens is 1. The van der Waals surface area contributed by atoms with Crippen molar-refractivity contribution in [3.05, 3.63) is 52.7 Å². The number of aryl methyl sites for hydroxylation is 1. The molecule has 5 rings (SSSR count). The molecule has 3 aliphatic heterocycles. The number of piperidine rings is 1. The van der Waals surface area contributed by atoms with Crippen LogP contribution in [0.5, 0.6) is 0 Å². The molecule has 1 atom stereocenters. The minimum atomic E-state index is 0.107. The second-order valence-electron chi connectivity index (χ2n) is 8.97. The molecule has 2 amide bonds. The predicted molar refractivity (Wildman–Crippen MR) is 121 cm³/mol. The molecular weight excluding hydrogens is 388 g/mol. The summed E-state index contributed by atoms with van der Waals surface area (Å²) in [5.41, 5.74) is 4.80. The van der Waals surface area contributed by atoms with Crippen LogP contribution in [-0.4, -0.2) is 52.3 Å². The Hall–Kier alpha value is -2.89. The van der Waals surface area contributed by atoms with Gasteiger partial charge in [-0.15, -0.1) is 0 Å². The summed E-state index contributed by atoms with van der Waals surface area (Å²) in [6.45, 7) is 7.28. The summed E-state index contributed by atoms with van der Waals surface area (Å²) < 4.78 is 0. The maximum absolute atomic E-state index is 13.1. The normalized spacial score (nSPS) is 20.6. The highest BCUT2D eigenvalue weighted by atomic mass is 16.2. The molecular formula is C25H30N4O2. The smallest absolute Gasteiger partial charge is 0.255 e. The largest absolute Gasteiger partial charge is 0.336 e. The van der Waals surface area contributed by atoms with E-state index < -0.39 is 0 Å². The molecule has 1 saturated heterocycles. The average Bonchev–Trinajstić information content (AvgIpc) is 3.13. The van der Waals surface area contributed by atoms with Crippen molar-refractivity contribution >= 4 is 23.3 Å². The number of anilines is 2. The van der Waals surface area contributed by atoms with E-state index in [4.69, 9.17) is 4.98 Å². The van der Waals surface area contributed by atoms with Crippen LogP contribution < -0.4 is 4.90 Å². The summed E-state index contributed by atoms with van der Waals surface area (Å²) in [5, 5.41) is 0. The maximum atomic E-state index is 13.1. The SMILES string of the molecule is CCN1Cc2cc(N3CCCc4cc(C(=O)N5CCCCC5C)cnc43)ccc2C1=O. The van der Waals surface area contributed by atoms with Gasteiger partial charge in [0, 0.05) is 49.7 Å². The maximum Gasteiger partial charge on any atom is 0.255 e. The first kappa shape index (κ1) is 20.0. The van der Waals surface area contributed by atoms with E-state index in [0.29, 0.717) is 18.2 Å². The number of carbonyl (C=O) groups excluding carboxylic acids is 2. The van der Waals surface area contributed by atoms with E-state index in [9.17, 15) is 9.59 Å². The zero-order valence-electron chi connectivity index (χ0n) is 18.4. The molecule has 0 aliphatic carbocycles. The van der Waals surface area contributed by atoms with Gasteiger partial charge < -0.3 is 14.7 Å². The van der Waals surface area contributed by atoms with Crippen molar-refractivity contribution in [2.24, 2.45) is 0 Å². The Kier molecular flexibility index (Phi) is 5.16. The van der Waals surface area contributed by atoms with Crippen molar-refractivity contribution < 1.29 is 9.59 Å². The fraction of sp³-hybridized carbons (Fsp3) is 0.480. The molecule has 1 aromatic carbocycles. The van der Waals surface area contributed by atoms with E-state index in [1.807, 2.05) is 34.9 Å². The van der Waals surface area contributed by atoms with Gasteiger partial charge in [0.1, 0.15) is 5.82 Å². The third-order valence-electron chi connectivity index (χ3n) is 7.00. The van der Waals surface area contributed by atoms with E-state index >= 15 is 0 Å². The van der Waals surface area contributed by atoms with Crippen molar-refractivity contribution in [2.75, 3.05) is 24.5 Å². The lowest BCUT2D eigenvalue weighted by Crippen LogP contribution is -2.42. The molecule has 0 saturated carbocycles. The van der Waals surface area contributed by atoms with Crippen molar-refractivity contribution in [3.8, 4) is 0 Å². The molecule has 2 aromatic rings. The average molecular weight is 419 g/mol. The predicted octanol–water partition coefficient (Wildman–Crippen LogP) is 4.16. The molecule has 0 radical (unpaired) electrons. The van der Waals surface area contributed by atoms with E-state index in [0.717, 1.165) is 73.5 Å². The number of amides is 2. The number of rotatable bonds is 3. The molecule has 31 heavy (non-hydrogen) atoms. The topological polar surface area (TPSA) is 56.8 Å². The number of pyridine rings is 1. The molecule has 1 unspecified atom stereocenters. The number of hydrogen-bond donors (Lipinski definition) is 0. The number of likely N-dealkylation sites (tertiary alicyclic amines) is 1. The van der Waals surface area contributed by atoms with Gasteiger partial charge in [0.2, 0.25) is 0 Å². The number of fused-ring (bicyclic) bond motifs is 2. The van der Waals surface area contributed by atoms with Crippen LogP contribution in [0.4, 0.5) is 11.5 Å². The Bertz CT molecular complexity index is 1030. The van der Waals surface area contributed by atoms with Gasteiger partial charge in [-0.1, -0.05) is 0 Å². The van der Waals surface area contributed by atoms with Crippen LogP contribution in [0.15, 0.2) is 30.5 Å². The zero-order valence-corrected chi connectivity index (χ0v) is 18.4. The molecule has 1 aromatic heterocycles. The number of carbonyl (C=O) groups is 2. The quantitative estimate of drug-likeness (QED) is 0.751. The third kappa shape index (κ3) is 3.48. The molecule has 6 nitrogen and oxygen atoms in total. The monoisotopic (exact) mass is 418 g/mol. The minimum Gasteiger partial charge on any atom is -0.336 e. The Morgan fingerprint density at radius 1 is 1.13 bits per heavy atom. The Labute approximate surface area is 183 Å². The van der Waals surface area contributed by atoms with Gasteiger partial charge in [0.15, 0.2) is 0 Å². The lowest BCUT2D eigenvalue weighted by Gasteiger charge is -2.34. The Balaban J connectivity index is 1.43. The highest BCUT2D eigenvalue weighted by Crippen LogP contribution is 2.35. The molecule has 0 N–H and O–H groups in total. The molecule has 6 heteroatoms. The van der Waals surface area contributed by atoms with E-state index in [-0.39, 0.29) is 11.8 Å². The van der Waals surface area contributed by atoms with E-state index in [1.165, 1.54) is 6.42 Å². The summed E-state index contributed by atoms with van der Waals surface area (Å²) in [7, 11) is 0. The van der Waals surface area contributed by atoms with Crippen LogP contribution in [0.25, 0.3) is 0 Å². The van der Waals surface area contributed by atoms with Crippen LogP contribution in [0.3, 0.4) is 0 Å². The van der Waals surface area contributed by atoms with Crippen LogP contribution in [0, 0.1) is 0 Å². The summed E-state index contributed by atoms with van der Waals surface area (Å²) in [4.78, 5) is 36.4. The van der Waals surface area contributed by atoms with Crippen LogP contribution in [0.1, 0.15) is 71.4 Å². The summed E-state index contributed by atoms with van der Waals surface area (Å²) in [5.74, 6) is 1.16. The molecule has 1 fully saturated rings. The Morgan fingerprint density at radius 2 is 2.00 bits per heavy atom. The van der Waals surface area contributed by atoms with E-state index in [1.54, 1.807) is 6.20 Å². The Morgan fingerprint density at radius 3 is 2.81 bits per heavy atom. The molecule has 4 heterocycles. The molecule has 162 valence electrons. The molecule has 0 spiro atoms. The summed E-state index contributed by atoms with van der Waals surface area (Å²) in [6.07, 6.45) is 7.06. The summed E-state index contributed by atoms with van der Waals surface area (Å²) in [6, 6.07) is 8.46. The number of benzene rings is 1. The van der Waals surface area contributed by atoms with Crippen molar-refractivity contribution in [3.63, 3.8) is 0 Å². The van der Waals surface area contributed by atoms with E-state index in [2.05, 4.69) is 17.9 Å². The van der Waals surface area contributed by atoms with Crippen molar-refractivity contribution in [2.45, 2.75) is 58.5 Å². The minimum absolute atomic E-state index is 0.107. The first-order valence-electron chi connectivity index (χ1n) is 11.6. The molecule has 3 aliphatic rings. The zero-order chi connectivity index (χ0) is 21.5. The fourth-order valence-electron chi connectivity index (χ4n) is 5.19. The number of nitrogens with zero attached hydrogens (tertiary/aromatic N) is 4. The van der Waals surface area contributed by atoms with Crippen molar-refractivity contribution in [1.82, 2.24) is 14.8 Å². The van der Waals surface area contributed by atoms with Crippen LogP contribution >= 0.6 is 0 Å². The van der Waals surface area contributed by atoms with Crippen LogP contribution in [-0.2, 0) is 13.0 Å². The highest BCUT2D eigenvalue weighted by Gasteiger charge is 2.29. The second kappa shape index (κ2) is 7.98. The third-order valence-corrected chi connectivity index (χ3v) is 7.00. The van der Waals surface area contributed by atoms with Crippen LogP contribution in [0.2, 0.25) is 0 Å². The second-order valence-corrected chi connectivity index (χ2v) is 8.97. The molecule has 0 bridgehead atoms. The van der Waals surface area contributed by atoms with Gasteiger partial charge in [-0.25, -0.2) is 4.98 Å². The highest BCUT2D eigenvalue weighted by molar-refractivity contribution is 5.99. The standard InChI is InChI=1S/C25H30N4O2/c1-3-27-16-20-14-21(9-10-22(20)25(27)31)29-12-6-8-18-13-19(15-26-23(18)29)24(30)28-11-5-4-7-17(28)2/h9-10,13-15,17H,3-8,11-12,16H2,1-2H3. The lowest BCUT2D eigenvalue weighted by atomic mass is 10.00. The van der Waals surface area contributed by atoms with Gasteiger partial charge in [0.25, 0.3) is 11.8 Å². The number of hydrogen-bond acceptors (Lipinski definition) is 4. The summed E-state index contributed by atoms with van der Waals surface area (Å²) >= 11 is 0.